The molecule has 1 N–H and O–H groups in total. The molecule has 1 fully saturated rings. The third-order valence-corrected chi connectivity index (χ3v) is 3.09. The van der Waals surface area contributed by atoms with Gasteiger partial charge < -0.3 is 9.67 Å². The molecular formula is C10H15N3O2. The van der Waals surface area contributed by atoms with Crippen molar-refractivity contribution in [3.8, 4) is 0 Å². The number of hydrogen-bond acceptors (Lipinski definition) is 3. The summed E-state index contributed by atoms with van der Waals surface area (Å²) in [6.07, 6.45) is 4.01. The predicted molar refractivity (Wildman–Crippen MR) is 53.5 cm³/mol. The number of carboxylic acid groups (broad SMARTS) is 1. The summed E-state index contributed by atoms with van der Waals surface area (Å²) in [5, 5.41) is 16.8. The number of aromatic nitrogens is 3. The predicted octanol–water partition coefficient (Wildman–Crippen LogP) is 1.44. The molecule has 0 spiro atoms. The molecule has 0 aliphatic heterocycles. The Morgan fingerprint density at radius 3 is 2.80 bits per heavy atom. The highest BCUT2D eigenvalue weighted by Crippen LogP contribution is 2.37. The zero-order valence-corrected chi connectivity index (χ0v) is 8.92. The van der Waals surface area contributed by atoms with Crippen LogP contribution in [0, 0.1) is 5.92 Å². The Balaban J connectivity index is 2.20. The zero-order valence-electron chi connectivity index (χ0n) is 8.92. The quantitative estimate of drug-likeness (QED) is 0.814. The van der Waals surface area contributed by atoms with Crippen molar-refractivity contribution < 1.29 is 9.90 Å². The fraction of sp³-hybridized carbons (Fsp3) is 0.700. The van der Waals surface area contributed by atoms with Gasteiger partial charge in [0.1, 0.15) is 12.2 Å². The van der Waals surface area contributed by atoms with Crippen LogP contribution in [0.3, 0.4) is 0 Å². The number of carbonyl (C=O) groups is 1. The highest BCUT2D eigenvalue weighted by molar-refractivity contribution is 5.70. The minimum absolute atomic E-state index is 0.0920. The highest BCUT2D eigenvalue weighted by atomic mass is 16.4. The summed E-state index contributed by atoms with van der Waals surface area (Å²) in [5.74, 6) is -0.502. The van der Waals surface area contributed by atoms with E-state index in [-0.39, 0.29) is 5.92 Å². The molecule has 82 valence electrons. The largest absolute Gasteiger partial charge is 0.481 e. The lowest BCUT2D eigenvalue weighted by Gasteiger charge is -2.16. The van der Waals surface area contributed by atoms with Gasteiger partial charge in [0, 0.05) is 12.0 Å². The van der Waals surface area contributed by atoms with Crippen LogP contribution in [0.1, 0.15) is 44.5 Å². The average molecular weight is 209 g/mol. The Kier molecular flexibility index (Phi) is 2.46. The molecule has 0 amide bonds. The Morgan fingerprint density at radius 1 is 1.60 bits per heavy atom. The monoisotopic (exact) mass is 209 g/mol. The summed E-state index contributed by atoms with van der Waals surface area (Å²) in [6, 6.07) is 0.499. The molecule has 15 heavy (non-hydrogen) atoms. The molecule has 1 aliphatic rings. The van der Waals surface area contributed by atoms with Gasteiger partial charge in [-0.25, -0.2) is 0 Å². The molecule has 2 atom stereocenters. The Bertz CT molecular complexity index is 370. The van der Waals surface area contributed by atoms with Crippen molar-refractivity contribution in [2.24, 2.45) is 5.92 Å². The molecule has 1 saturated carbocycles. The van der Waals surface area contributed by atoms with Crippen molar-refractivity contribution in [2.45, 2.75) is 38.6 Å². The van der Waals surface area contributed by atoms with E-state index in [0.717, 1.165) is 18.7 Å². The van der Waals surface area contributed by atoms with Gasteiger partial charge in [0.15, 0.2) is 0 Å². The normalized spacial score (nSPS) is 19.9. The van der Waals surface area contributed by atoms with Crippen LogP contribution in [0.15, 0.2) is 6.33 Å². The van der Waals surface area contributed by atoms with Gasteiger partial charge in [-0.05, 0) is 12.8 Å². The second kappa shape index (κ2) is 3.64. The number of carboxylic acids is 1. The van der Waals surface area contributed by atoms with Crippen LogP contribution in [0.25, 0.3) is 0 Å². The molecule has 2 rings (SSSR count). The minimum Gasteiger partial charge on any atom is -0.481 e. The lowest BCUT2D eigenvalue weighted by atomic mass is 9.95. The standard InChI is InChI=1S/C10H15N3O2/c1-6(7(2)10(14)15)9-12-11-5-13(9)8-3-4-8/h5-8H,3-4H2,1-2H3,(H,14,15). The minimum atomic E-state index is -0.784. The molecule has 1 heterocycles. The van der Waals surface area contributed by atoms with E-state index in [0.29, 0.717) is 6.04 Å². The van der Waals surface area contributed by atoms with Crippen molar-refractivity contribution in [1.29, 1.82) is 0 Å². The van der Waals surface area contributed by atoms with Crippen molar-refractivity contribution in [3.63, 3.8) is 0 Å². The summed E-state index contributed by atoms with van der Waals surface area (Å²) in [7, 11) is 0. The van der Waals surface area contributed by atoms with Crippen LogP contribution in [-0.2, 0) is 4.79 Å². The molecule has 1 aromatic heterocycles. The van der Waals surface area contributed by atoms with E-state index in [1.54, 1.807) is 13.3 Å². The number of rotatable bonds is 4. The van der Waals surface area contributed by atoms with Crippen LogP contribution >= 0.6 is 0 Å². The summed E-state index contributed by atoms with van der Waals surface area (Å²) >= 11 is 0. The number of hydrogen-bond donors (Lipinski definition) is 1. The summed E-state index contributed by atoms with van der Waals surface area (Å²) < 4.78 is 2.02. The van der Waals surface area contributed by atoms with Crippen LogP contribution < -0.4 is 0 Å². The maximum absolute atomic E-state index is 10.9. The van der Waals surface area contributed by atoms with Crippen molar-refractivity contribution >= 4 is 5.97 Å². The van der Waals surface area contributed by atoms with Crippen molar-refractivity contribution in [3.05, 3.63) is 12.2 Å². The molecule has 1 aliphatic carbocycles. The smallest absolute Gasteiger partial charge is 0.306 e. The molecule has 1 aromatic rings. The zero-order chi connectivity index (χ0) is 11.0. The maximum Gasteiger partial charge on any atom is 0.306 e. The van der Waals surface area contributed by atoms with Gasteiger partial charge in [-0.3, -0.25) is 4.79 Å². The third kappa shape index (κ3) is 1.86. The van der Waals surface area contributed by atoms with Gasteiger partial charge in [-0.1, -0.05) is 13.8 Å². The molecule has 5 heteroatoms. The van der Waals surface area contributed by atoms with E-state index in [2.05, 4.69) is 10.2 Å². The fourth-order valence-electron chi connectivity index (χ4n) is 1.65. The highest BCUT2D eigenvalue weighted by Gasteiger charge is 2.31. The van der Waals surface area contributed by atoms with Crippen molar-refractivity contribution in [1.82, 2.24) is 14.8 Å². The van der Waals surface area contributed by atoms with E-state index in [4.69, 9.17) is 5.11 Å². The summed E-state index contributed by atoms with van der Waals surface area (Å²) in [4.78, 5) is 10.9. The van der Waals surface area contributed by atoms with Gasteiger partial charge in [0.25, 0.3) is 0 Å². The third-order valence-electron chi connectivity index (χ3n) is 3.09. The van der Waals surface area contributed by atoms with E-state index in [1.807, 2.05) is 11.5 Å². The van der Waals surface area contributed by atoms with Crippen LogP contribution in [0.2, 0.25) is 0 Å². The second-order valence-electron chi connectivity index (χ2n) is 4.24. The van der Waals surface area contributed by atoms with Crippen LogP contribution in [0.5, 0.6) is 0 Å². The van der Waals surface area contributed by atoms with Gasteiger partial charge in [-0.2, -0.15) is 0 Å². The number of nitrogens with zero attached hydrogens (tertiary/aromatic N) is 3. The first-order valence-corrected chi connectivity index (χ1v) is 5.23. The van der Waals surface area contributed by atoms with E-state index in [1.165, 1.54) is 0 Å². The van der Waals surface area contributed by atoms with Gasteiger partial charge in [0.2, 0.25) is 0 Å². The maximum atomic E-state index is 10.9. The summed E-state index contributed by atoms with van der Waals surface area (Å²) in [6.45, 7) is 3.60. The molecule has 2 unspecified atom stereocenters. The molecule has 0 saturated heterocycles. The second-order valence-corrected chi connectivity index (χ2v) is 4.24. The SMILES string of the molecule is CC(C(=O)O)C(C)c1nncn1C1CC1. The first-order valence-electron chi connectivity index (χ1n) is 5.23. The van der Waals surface area contributed by atoms with E-state index < -0.39 is 11.9 Å². The molecule has 0 aromatic carbocycles. The molecular weight excluding hydrogens is 194 g/mol. The topological polar surface area (TPSA) is 68.0 Å². The van der Waals surface area contributed by atoms with Gasteiger partial charge >= 0.3 is 5.97 Å². The molecule has 0 radical (unpaired) electrons. The van der Waals surface area contributed by atoms with E-state index in [9.17, 15) is 4.79 Å². The van der Waals surface area contributed by atoms with Crippen LogP contribution in [0.4, 0.5) is 0 Å². The first kappa shape index (κ1) is 10.1. The average Bonchev–Trinajstić information content (AvgIpc) is 2.94. The summed E-state index contributed by atoms with van der Waals surface area (Å²) in [5.41, 5.74) is 0. The molecule has 0 bridgehead atoms. The Labute approximate surface area is 88.1 Å². The lowest BCUT2D eigenvalue weighted by molar-refractivity contribution is -0.141. The molecule has 5 nitrogen and oxygen atoms in total. The Morgan fingerprint density at radius 2 is 2.27 bits per heavy atom. The van der Waals surface area contributed by atoms with Gasteiger partial charge in [0.05, 0.1) is 5.92 Å². The lowest BCUT2D eigenvalue weighted by Crippen LogP contribution is -2.19. The fourth-order valence-corrected chi connectivity index (χ4v) is 1.65. The van der Waals surface area contributed by atoms with Gasteiger partial charge in [-0.15, -0.1) is 10.2 Å². The first-order chi connectivity index (χ1) is 7.11. The van der Waals surface area contributed by atoms with E-state index >= 15 is 0 Å². The van der Waals surface area contributed by atoms with Crippen LogP contribution in [-0.4, -0.2) is 25.8 Å². The van der Waals surface area contributed by atoms with Crippen molar-refractivity contribution in [2.75, 3.05) is 0 Å². The Hall–Kier alpha value is -1.39. The number of aliphatic carboxylic acids is 1.